The first-order valence-corrected chi connectivity index (χ1v) is 6.28. The van der Waals surface area contributed by atoms with E-state index in [0.29, 0.717) is 11.4 Å². The maximum atomic E-state index is 12.3. The van der Waals surface area contributed by atoms with Gasteiger partial charge in [-0.05, 0) is 17.5 Å². The Morgan fingerprint density at radius 2 is 1.88 bits per heavy atom. The van der Waals surface area contributed by atoms with Crippen molar-refractivity contribution in [1.29, 1.82) is 0 Å². The van der Waals surface area contributed by atoms with Gasteiger partial charge in [0, 0.05) is 23.4 Å². The summed E-state index contributed by atoms with van der Waals surface area (Å²) in [5.41, 5.74) is 0.332. The molecule has 0 atom stereocenters. The number of ketones is 1. The molecule has 3 nitrogen and oxygen atoms in total. The van der Waals surface area contributed by atoms with Crippen molar-refractivity contribution in [3.05, 3.63) is 35.5 Å². The fourth-order valence-corrected chi connectivity index (χ4v) is 2.32. The molecule has 2 rings (SSSR count). The van der Waals surface area contributed by atoms with Crippen LogP contribution in [0.5, 0.6) is 0 Å². The highest BCUT2D eigenvalue weighted by molar-refractivity contribution is 7.14. The van der Waals surface area contributed by atoms with Crippen molar-refractivity contribution in [2.24, 2.45) is 5.41 Å². The van der Waals surface area contributed by atoms with Gasteiger partial charge in [0.1, 0.15) is 0 Å². The molecule has 88 valence electrons. The van der Waals surface area contributed by atoms with E-state index < -0.39 is 0 Å². The van der Waals surface area contributed by atoms with Crippen LogP contribution < -0.4 is 0 Å². The minimum absolute atomic E-state index is 0.126. The number of thiophene rings is 1. The van der Waals surface area contributed by atoms with Crippen LogP contribution in [-0.2, 0) is 0 Å². The molecule has 2 aromatic rings. The summed E-state index contributed by atoms with van der Waals surface area (Å²) in [5.74, 6) is 0.747. The van der Waals surface area contributed by atoms with E-state index in [1.807, 2.05) is 32.2 Å². The molecule has 2 heterocycles. The lowest BCUT2D eigenvalue weighted by molar-refractivity contribution is 0.0859. The summed E-state index contributed by atoms with van der Waals surface area (Å²) >= 11 is 1.50. The molecule has 0 saturated carbocycles. The molecular weight excluding hydrogens is 232 g/mol. The molecule has 0 radical (unpaired) electrons. The normalized spacial score (nSPS) is 11.5. The third kappa shape index (κ3) is 2.42. The third-order valence-electron chi connectivity index (χ3n) is 2.36. The Kier molecular flexibility index (Phi) is 3.07. The SMILES string of the molecule is CC(C)(C)C(=O)c1ccsc1-c1ncccn1. The van der Waals surface area contributed by atoms with Gasteiger partial charge < -0.3 is 0 Å². The first-order valence-electron chi connectivity index (χ1n) is 5.40. The maximum absolute atomic E-state index is 12.3. The second-order valence-corrected chi connectivity index (χ2v) is 5.73. The molecule has 0 aliphatic rings. The van der Waals surface area contributed by atoms with Crippen LogP contribution in [0.25, 0.3) is 10.7 Å². The minimum Gasteiger partial charge on any atom is -0.294 e. The average molecular weight is 246 g/mol. The second-order valence-electron chi connectivity index (χ2n) is 4.81. The summed E-state index contributed by atoms with van der Waals surface area (Å²) in [6.07, 6.45) is 3.38. The van der Waals surface area contributed by atoms with E-state index >= 15 is 0 Å². The molecule has 0 unspecified atom stereocenters. The molecule has 2 aromatic heterocycles. The lowest BCUT2D eigenvalue weighted by Crippen LogP contribution is -2.20. The van der Waals surface area contributed by atoms with Crippen LogP contribution in [0.2, 0.25) is 0 Å². The van der Waals surface area contributed by atoms with Gasteiger partial charge in [-0.2, -0.15) is 0 Å². The fourth-order valence-electron chi connectivity index (χ4n) is 1.48. The molecule has 0 aromatic carbocycles. The van der Waals surface area contributed by atoms with Crippen molar-refractivity contribution in [3.63, 3.8) is 0 Å². The van der Waals surface area contributed by atoms with E-state index in [1.54, 1.807) is 18.5 Å². The van der Waals surface area contributed by atoms with Gasteiger partial charge in [-0.15, -0.1) is 11.3 Å². The van der Waals surface area contributed by atoms with Gasteiger partial charge in [0.15, 0.2) is 11.6 Å². The van der Waals surface area contributed by atoms with Crippen LogP contribution in [0.1, 0.15) is 31.1 Å². The number of hydrogen-bond acceptors (Lipinski definition) is 4. The summed E-state index contributed by atoms with van der Waals surface area (Å²) in [7, 11) is 0. The third-order valence-corrected chi connectivity index (χ3v) is 3.27. The molecule has 17 heavy (non-hydrogen) atoms. The molecular formula is C13H14N2OS. The van der Waals surface area contributed by atoms with Gasteiger partial charge in [0.25, 0.3) is 0 Å². The zero-order chi connectivity index (χ0) is 12.5. The number of carbonyl (C=O) groups excluding carboxylic acids is 1. The van der Waals surface area contributed by atoms with Crippen LogP contribution >= 0.6 is 11.3 Å². The maximum Gasteiger partial charge on any atom is 0.170 e. The van der Waals surface area contributed by atoms with Crippen molar-refractivity contribution < 1.29 is 4.79 Å². The summed E-state index contributed by atoms with van der Waals surface area (Å²) in [5, 5.41) is 1.91. The largest absolute Gasteiger partial charge is 0.294 e. The first kappa shape index (κ1) is 11.9. The van der Waals surface area contributed by atoms with E-state index in [-0.39, 0.29) is 11.2 Å². The van der Waals surface area contributed by atoms with E-state index in [1.165, 1.54) is 11.3 Å². The Bertz CT molecular complexity index is 526. The van der Waals surface area contributed by atoms with Crippen LogP contribution in [0.3, 0.4) is 0 Å². The molecule has 0 spiro atoms. The zero-order valence-electron chi connectivity index (χ0n) is 10.1. The van der Waals surface area contributed by atoms with E-state index in [2.05, 4.69) is 9.97 Å². The van der Waals surface area contributed by atoms with Crippen LogP contribution in [-0.4, -0.2) is 15.8 Å². The predicted molar refractivity (Wildman–Crippen MR) is 69.1 cm³/mol. The molecule has 4 heteroatoms. The van der Waals surface area contributed by atoms with E-state index in [4.69, 9.17) is 0 Å². The number of hydrogen-bond donors (Lipinski definition) is 0. The summed E-state index contributed by atoms with van der Waals surface area (Å²) in [6, 6.07) is 3.62. The first-order chi connectivity index (χ1) is 8.00. The number of Topliss-reactive ketones (excluding diaryl/α,β-unsaturated/α-hetero) is 1. The van der Waals surface area contributed by atoms with Gasteiger partial charge in [-0.1, -0.05) is 20.8 Å². The molecule has 0 amide bonds. The van der Waals surface area contributed by atoms with Gasteiger partial charge >= 0.3 is 0 Å². The summed E-state index contributed by atoms with van der Waals surface area (Å²) < 4.78 is 0. The van der Waals surface area contributed by atoms with Crippen LogP contribution in [0.15, 0.2) is 29.9 Å². The van der Waals surface area contributed by atoms with Crippen molar-refractivity contribution in [1.82, 2.24) is 9.97 Å². The molecule has 0 saturated heterocycles. The van der Waals surface area contributed by atoms with Crippen LogP contribution in [0, 0.1) is 5.41 Å². The van der Waals surface area contributed by atoms with E-state index in [0.717, 1.165) is 4.88 Å². The Balaban J connectivity index is 2.46. The Morgan fingerprint density at radius 3 is 2.47 bits per heavy atom. The summed E-state index contributed by atoms with van der Waals surface area (Å²) in [4.78, 5) is 21.5. The quantitative estimate of drug-likeness (QED) is 0.762. The van der Waals surface area contributed by atoms with Crippen molar-refractivity contribution in [2.45, 2.75) is 20.8 Å². The molecule has 0 fully saturated rings. The minimum atomic E-state index is -0.384. The highest BCUT2D eigenvalue weighted by Crippen LogP contribution is 2.31. The van der Waals surface area contributed by atoms with Crippen molar-refractivity contribution in [3.8, 4) is 10.7 Å². The Labute approximate surface area is 105 Å². The van der Waals surface area contributed by atoms with Crippen molar-refractivity contribution in [2.75, 3.05) is 0 Å². The van der Waals surface area contributed by atoms with Gasteiger partial charge in [0.05, 0.1) is 4.88 Å². The van der Waals surface area contributed by atoms with Crippen molar-refractivity contribution >= 4 is 17.1 Å². The molecule has 0 bridgehead atoms. The van der Waals surface area contributed by atoms with Gasteiger partial charge in [-0.25, -0.2) is 9.97 Å². The molecule has 0 aliphatic carbocycles. The predicted octanol–water partition coefficient (Wildman–Crippen LogP) is 3.43. The zero-order valence-corrected chi connectivity index (χ0v) is 10.9. The Morgan fingerprint density at radius 1 is 1.24 bits per heavy atom. The number of rotatable bonds is 2. The Hall–Kier alpha value is -1.55. The fraction of sp³-hybridized carbons (Fsp3) is 0.308. The topological polar surface area (TPSA) is 42.9 Å². The highest BCUT2D eigenvalue weighted by atomic mass is 32.1. The second kappa shape index (κ2) is 4.37. The van der Waals surface area contributed by atoms with Crippen LogP contribution in [0.4, 0.5) is 0 Å². The standard InChI is InChI=1S/C13H14N2OS/c1-13(2,3)11(16)9-5-8-17-10(9)12-14-6-4-7-15-12/h4-8H,1-3H3. The average Bonchev–Trinajstić information content (AvgIpc) is 2.76. The smallest absolute Gasteiger partial charge is 0.170 e. The molecule has 0 aliphatic heterocycles. The number of aromatic nitrogens is 2. The number of carbonyl (C=O) groups is 1. The lowest BCUT2D eigenvalue weighted by Gasteiger charge is -2.16. The monoisotopic (exact) mass is 246 g/mol. The highest BCUT2D eigenvalue weighted by Gasteiger charge is 2.26. The lowest BCUT2D eigenvalue weighted by atomic mass is 9.86. The molecule has 0 N–H and O–H groups in total. The van der Waals surface area contributed by atoms with Gasteiger partial charge in [-0.3, -0.25) is 4.79 Å². The number of nitrogens with zero attached hydrogens (tertiary/aromatic N) is 2. The van der Waals surface area contributed by atoms with Gasteiger partial charge in [0.2, 0.25) is 0 Å². The van der Waals surface area contributed by atoms with E-state index in [9.17, 15) is 4.79 Å². The summed E-state index contributed by atoms with van der Waals surface area (Å²) in [6.45, 7) is 5.76.